The molecule has 0 aliphatic heterocycles. The molecule has 12 heavy (non-hydrogen) atoms. The van der Waals surface area contributed by atoms with Crippen LogP contribution in [-0.4, -0.2) is 11.0 Å². The molecule has 0 unspecified atom stereocenters. The molecule has 0 fully saturated rings. The molecule has 0 atom stereocenters. The predicted molar refractivity (Wildman–Crippen MR) is 61.0 cm³/mol. The molecule has 0 aromatic rings. The van der Waals surface area contributed by atoms with Crippen molar-refractivity contribution in [3.63, 3.8) is 0 Å². The highest BCUT2D eigenvalue weighted by Gasteiger charge is 1.93. The summed E-state index contributed by atoms with van der Waals surface area (Å²) >= 11 is 2.10. The molecule has 74 valence electrons. The van der Waals surface area contributed by atoms with Crippen LogP contribution in [0.5, 0.6) is 0 Å². The lowest BCUT2D eigenvalue weighted by Crippen LogP contribution is -1.89. The van der Waals surface area contributed by atoms with Crippen LogP contribution in [0.1, 0.15) is 59.3 Å². The van der Waals surface area contributed by atoms with Gasteiger partial charge in [-0.1, -0.05) is 52.9 Å². The first kappa shape index (κ1) is 12.3. The zero-order valence-corrected chi connectivity index (χ0v) is 9.75. The van der Waals surface area contributed by atoms with Crippen LogP contribution in [0.15, 0.2) is 0 Å². The zero-order chi connectivity index (χ0) is 9.23. The van der Waals surface area contributed by atoms with Gasteiger partial charge in [0.05, 0.1) is 0 Å². The molecule has 0 amide bonds. The topological polar surface area (TPSA) is 0 Å². The second-order valence-corrected chi connectivity index (χ2v) is 5.37. The summed E-state index contributed by atoms with van der Waals surface area (Å²) in [6.45, 7) is 6.83. The van der Waals surface area contributed by atoms with E-state index in [1.807, 2.05) is 0 Å². The maximum Gasteiger partial charge on any atom is -0.000968 e. The number of hydrogen-bond donors (Lipinski definition) is 0. The smallest absolute Gasteiger partial charge is 0.000968 e. The molecule has 0 nitrogen and oxygen atoms in total. The van der Waals surface area contributed by atoms with Gasteiger partial charge in [0, 0.05) is 0 Å². The van der Waals surface area contributed by atoms with Crippen molar-refractivity contribution < 1.29 is 0 Å². The largest absolute Gasteiger partial charge is 0.159 e. The van der Waals surface area contributed by atoms with E-state index in [1.165, 1.54) is 44.3 Å². The molecule has 0 aromatic heterocycles. The highest BCUT2D eigenvalue weighted by molar-refractivity contribution is 7.99. The third kappa shape index (κ3) is 10.3. The Labute approximate surface area is 82.5 Å². The maximum atomic E-state index is 2.28. The fourth-order valence-electron chi connectivity index (χ4n) is 1.20. The van der Waals surface area contributed by atoms with Crippen LogP contribution in [0.2, 0.25) is 0 Å². The van der Waals surface area contributed by atoms with E-state index in [-0.39, 0.29) is 0 Å². The van der Waals surface area contributed by atoms with Crippen LogP contribution in [0.4, 0.5) is 0 Å². The molecule has 0 radical (unpaired) electrons. The van der Waals surface area contributed by atoms with Crippen molar-refractivity contribution in [3.8, 4) is 0 Å². The summed E-state index contributed by atoms with van der Waals surface area (Å²) in [5.41, 5.74) is 0. The molecular formula is C11H24S. The standard InChI is InChI=1S/C11H24S/c1-4-5-6-7-8-9-10-12-11(2)3/h11H,4-10H2,1-3H3. The molecule has 0 bridgehead atoms. The zero-order valence-electron chi connectivity index (χ0n) is 8.94. The van der Waals surface area contributed by atoms with E-state index in [0.29, 0.717) is 0 Å². The van der Waals surface area contributed by atoms with Crippen molar-refractivity contribution in [2.75, 3.05) is 5.75 Å². The van der Waals surface area contributed by atoms with Gasteiger partial charge in [0.2, 0.25) is 0 Å². The van der Waals surface area contributed by atoms with Gasteiger partial charge in [-0.15, -0.1) is 0 Å². The van der Waals surface area contributed by atoms with Gasteiger partial charge in [0.15, 0.2) is 0 Å². The third-order valence-corrected chi connectivity index (χ3v) is 3.14. The molecule has 0 spiro atoms. The average Bonchev–Trinajstić information content (AvgIpc) is 2.02. The van der Waals surface area contributed by atoms with E-state index in [0.717, 1.165) is 5.25 Å². The van der Waals surface area contributed by atoms with Crippen molar-refractivity contribution in [1.29, 1.82) is 0 Å². The van der Waals surface area contributed by atoms with E-state index in [9.17, 15) is 0 Å². The SMILES string of the molecule is CCCCCCCCSC(C)C. The van der Waals surface area contributed by atoms with Crippen LogP contribution >= 0.6 is 11.8 Å². The Bertz CT molecular complexity index is 79.1. The highest BCUT2D eigenvalue weighted by atomic mass is 32.2. The third-order valence-electron chi connectivity index (χ3n) is 1.95. The van der Waals surface area contributed by atoms with Gasteiger partial charge in [0.1, 0.15) is 0 Å². The summed E-state index contributed by atoms with van der Waals surface area (Å²) in [4.78, 5) is 0. The van der Waals surface area contributed by atoms with Gasteiger partial charge in [-0.05, 0) is 17.4 Å². The van der Waals surface area contributed by atoms with E-state index < -0.39 is 0 Å². The Morgan fingerprint density at radius 2 is 1.50 bits per heavy atom. The van der Waals surface area contributed by atoms with Gasteiger partial charge < -0.3 is 0 Å². The summed E-state index contributed by atoms with van der Waals surface area (Å²) < 4.78 is 0. The minimum atomic E-state index is 0.820. The summed E-state index contributed by atoms with van der Waals surface area (Å²) in [7, 11) is 0. The molecule has 0 rings (SSSR count). The second-order valence-electron chi connectivity index (χ2n) is 3.69. The summed E-state index contributed by atoms with van der Waals surface area (Å²) in [5.74, 6) is 1.36. The van der Waals surface area contributed by atoms with Crippen LogP contribution in [0.3, 0.4) is 0 Å². The number of hydrogen-bond acceptors (Lipinski definition) is 1. The summed E-state index contributed by atoms with van der Waals surface area (Å²) in [6.07, 6.45) is 8.56. The number of unbranched alkanes of at least 4 members (excludes halogenated alkanes) is 5. The van der Waals surface area contributed by atoms with Crippen molar-refractivity contribution in [2.24, 2.45) is 0 Å². The quantitative estimate of drug-likeness (QED) is 0.506. The van der Waals surface area contributed by atoms with E-state index in [2.05, 4.69) is 32.5 Å². The monoisotopic (exact) mass is 188 g/mol. The molecule has 0 saturated heterocycles. The molecule has 0 aromatic carbocycles. The molecule has 0 aliphatic rings. The first-order valence-electron chi connectivity index (χ1n) is 5.39. The molecule has 0 N–H and O–H groups in total. The number of rotatable bonds is 8. The van der Waals surface area contributed by atoms with Gasteiger partial charge in [-0.3, -0.25) is 0 Å². The number of thioether (sulfide) groups is 1. The van der Waals surface area contributed by atoms with Crippen LogP contribution in [0.25, 0.3) is 0 Å². The lowest BCUT2D eigenvalue weighted by atomic mass is 10.1. The molecule has 0 aliphatic carbocycles. The van der Waals surface area contributed by atoms with Crippen molar-refractivity contribution in [1.82, 2.24) is 0 Å². The van der Waals surface area contributed by atoms with Gasteiger partial charge in [-0.2, -0.15) is 11.8 Å². The molecule has 0 saturated carbocycles. The maximum absolute atomic E-state index is 2.28. The van der Waals surface area contributed by atoms with E-state index >= 15 is 0 Å². The summed E-state index contributed by atoms with van der Waals surface area (Å²) in [5, 5.41) is 0.820. The Morgan fingerprint density at radius 1 is 0.917 bits per heavy atom. The molecule has 1 heteroatoms. The normalized spacial score (nSPS) is 11.0. The van der Waals surface area contributed by atoms with Crippen LogP contribution in [0, 0.1) is 0 Å². The fourth-order valence-corrected chi connectivity index (χ4v) is 2.04. The van der Waals surface area contributed by atoms with Crippen molar-refractivity contribution >= 4 is 11.8 Å². The lowest BCUT2D eigenvalue weighted by molar-refractivity contribution is 0.627. The van der Waals surface area contributed by atoms with Gasteiger partial charge in [0.25, 0.3) is 0 Å². The Hall–Kier alpha value is 0.350. The van der Waals surface area contributed by atoms with Gasteiger partial charge in [-0.25, -0.2) is 0 Å². The minimum absolute atomic E-state index is 0.820. The van der Waals surface area contributed by atoms with E-state index in [4.69, 9.17) is 0 Å². The first-order chi connectivity index (χ1) is 5.77. The Morgan fingerprint density at radius 3 is 2.08 bits per heavy atom. The fraction of sp³-hybridized carbons (Fsp3) is 1.00. The van der Waals surface area contributed by atoms with Crippen molar-refractivity contribution in [2.45, 2.75) is 64.5 Å². The van der Waals surface area contributed by atoms with E-state index in [1.54, 1.807) is 0 Å². The first-order valence-corrected chi connectivity index (χ1v) is 6.43. The molecular weight excluding hydrogens is 164 g/mol. The second kappa shape index (κ2) is 9.44. The molecule has 0 heterocycles. The van der Waals surface area contributed by atoms with Gasteiger partial charge >= 0.3 is 0 Å². The van der Waals surface area contributed by atoms with Crippen molar-refractivity contribution in [3.05, 3.63) is 0 Å². The lowest BCUT2D eigenvalue weighted by Gasteiger charge is -2.03. The van der Waals surface area contributed by atoms with Crippen LogP contribution in [-0.2, 0) is 0 Å². The van der Waals surface area contributed by atoms with Crippen LogP contribution < -0.4 is 0 Å². The average molecular weight is 188 g/mol. The highest BCUT2D eigenvalue weighted by Crippen LogP contribution is 2.13. The Kier molecular flexibility index (Phi) is 9.71. The predicted octanol–water partition coefficient (Wildman–Crippen LogP) is 4.49. The Balaban J connectivity index is 2.82. The minimum Gasteiger partial charge on any atom is -0.159 e. The summed E-state index contributed by atoms with van der Waals surface area (Å²) in [6, 6.07) is 0.